The van der Waals surface area contributed by atoms with Crippen molar-refractivity contribution in [2.24, 2.45) is 5.41 Å². The van der Waals surface area contributed by atoms with Crippen molar-refractivity contribution in [1.29, 1.82) is 0 Å². The van der Waals surface area contributed by atoms with Crippen LogP contribution >= 0.6 is 0 Å². The number of nitrogens with one attached hydrogen (secondary N) is 2. The minimum atomic E-state index is -0.375. The SMILES string of the molecule is CC(C)(C)CC(C)(C)NC(=O)Nc1ncccc1OCc1cccc(F)c1. The molecule has 2 amide bonds. The number of carbonyl (C=O) groups is 1. The molecule has 0 atom stereocenters. The van der Waals surface area contributed by atoms with Gasteiger partial charge in [0.1, 0.15) is 12.4 Å². The second-order valence-corrected chi connectivity index (χ2v) is 8.47. The lowest BCUT2D eigenvalue weighted by Gasteiger charge is -2.33. The van der Waals surface area contributed by atoms with Gasteiger partial charge in [-0.2, -0.15) is 0 Å². The zero-order chi connectivity index (χ0) is 20.1. The van der Waals surface area contributed by atoms with E-state index >= 15 is 0 Å². The second kappa shape index (κ2) is 8.37. The summed E-state index contributed by atoms with van der Waals surface area (Å²) >= 11 is 0. The zero-order valence-electron chi connectivity index (χ0n) is 16.6. The minimum Gasteiger partial charge on any atom is -0.485 e. The molecule has 1 aromatic carbocycles. The first-order chi connectivity index (χ1) is 12.5. The van der Waals surface area contributed by atoms with Crippen LogP contribution in [0, 0.1) is 11.2 Å². The smallest absolute Gasteiger partial charge is 0.320 e. The number of hydrogen-bond acceptors (Lipinski definition) is 3. The van der Waals surface area contributed by atoms with Gasteiger partial charge in [0.2, 0.25) is 0 Å². The molecule has 0 spiro atoms. The van der Waals surface area contributed by atoms with Gasteiger partial charge in [0.05, 0.1) is 0 Å². The van der Waals surface area contributed by atoms with Crippen LogP contribution in [0.25, 0.3) is 0 Å². The van der Waals surface area contributed by atoms with Crippen molar-refractivity contribution >= 4 is 11.8 Å². The molecule has 0 bridgehead atoms. The number of carbonyl (C=O) groups excluding carboxylic acids is 1. The maximum absolute atomic E-state index is 13.3. The van der Waals surface area contributed by atoms with E-state index in [-0.39, 0.29) is 29.4 Å². The lowest BCUT2D eigenvalue weighted by Crippen LogP contribution is -2.47. The fraction of sp³-hybridized carbons (Fsp3) is 0.429. The quantitative estimate of drug-likeness (QED) is 0.737. The Morgan fingerprint density at radius 1 is 1.15 bits per heavy atom. The monoisotopic (exact) mass is 373 g/mol. The molecule has 0 saturated carbocycles. The van der Waals surface area contributed by atoms with Gasteiger partial charge in [-0.3, -0.25) is 5.32 Å². The third-order valence-electron chi connectivity index (χ3n) is 3.71. The first-order valence-electron chi connectivity index (χ1n) is 8.96. The Labute approximate surface area is 160 Å². The van der Waals surface area contributed by atoms with Crippen molar-refractivity contribution in [3.05, 3.63) is 54.0 Å². The van der Waals surface area contributed by atoms with E-state index in [0.29, 0.717) is 17.1 Å². The van der Waals surface area contributed by atoms with E-state index in [1.165, 1.54) is 12.1 Å². The number of aromatic nitrogens is 1. The third kappa shape index (κ3) is 7.25. The lowest BCUT2D eigenvalue weighted by atomic mass is 9.82. The molecule has 0 saturated heterocycles. The van der Waals surface area contributed by atoms with Gasteiger partial charge in [-0.1, -0.05) is 32.9 Å². The highest BCUT2D eigenvalue weighted by molar-refractivity contribution is 5.90. The number of hydrogen-bond donors (Lipinski definition) is 2. The summed E-state index contributed by atoms with van der Waals surface area (Å²) in [5, 5.41) is 5.71. The average molecular weight is 373 g/mol. The molecule has 0 aliphatic rings. The van der Waals surface area contributed by atoms with Gasteiger partial charge in [0, 0.05) is 11.7 Å². The summed E-state index contributed by atoms with van der Waals surface area (Å²) in [7, 11) is 0. The van der Waals surface area contributed by atoms with Crippen LogP contribution in [0.2, 0.25) is 0 Å². The first kappa shape index (κ1) is 20.7. The first-order valence-corrected chi connectivity index (χ1v) is 8.96. The van der Waals surface area contributed by atoms with Crippen molar-refractivity contribution in [1.82, 2.24) is 10.3 Å². The van der Waals surface area contributed by atoms with Gasteiger partial charge >= 0.3 is 6.03 Å². The molecular weight excluding hydrogens is 345 g/mol. The lowest BCUT2D eigenvalue weighted by molar-refractivity contribution is 0.220. The third-order valence-corrected chi connectivity index (χ3v) is 3.71. The fourth-order valence-electron chi connectivity index (χ4n) is 3.20. The number of halogens is 1. The van der Waals surface area contributed by atoms with Crippen LogP contribution in [-0.4, -0.2) is 16.6 Å². The van der Waals surface area contributed by atoms with E-state index in [2.05, 4.69) is 36.4 Å². The summed E-state index contributed by atoms with van der Waals surface area (Å²) in [6.07, 6.45) is 2.39. The molecule has 27 heavy (non-hydrogen) atoms. The van der Waals surface area contributed by atoms with Gasteiger partial charge in [0.25, 0.3) is 0 Å². The van der Waals surface area contributed by atoms with Crippen molar-refractivity contribution < 1.29 is 13.9 Å². The molecule has 0 radical (unpaired) electrons. The molecule has 0 aliphatic carbocycles. The molecule has 2 aromatic rings. The van der Waals surface area contributed by atoms with Crippen LogP contribution < -0.4 is 15.4 Å². The van der Waals surface area contributed by atoms with E-state index in [4.69, 9.17) is 4.74 Å². The molecule has 0 aliphatic heterocycles. The molecular formula is C21H28FN3O2. The maximum Gasteiger partial charge on any atom is 0.320 e. The highest BCUT2D eigenvalue weighted by atomic mass is 19.1. The Bertz CT molecular complexity index is 785. The number of amides is 2. The molecule has 2 N–H and O–H groups in total. The van der Waals surface area contributed by atoms with E-state index in [0.717, 1.165) is 6.42 Å². The summed E-state index contributed by atoms with van der Waals surface area (Å²) in [5.41, 5.74) is 0.404. The normalized spacial score (nSPS) is 11.8. The number of benzene rings is 1. The molecule has 0 fully saturated rings. The highest BCUT2D eigenvalue weighted by Gasteiger charge is 2.27. The van der Waals surface area contributed by atoms with Crippen LogP contribution in [0.1, 0.15) is 46.6 Å². The Kier molecular flexibility index (Phi) is 6.41. The molecule has 2 rings (SSSR count). The predicted octanol–water partition coefficient (Wildman–Crippen LogP) is 5.14. The minimum absolute atomic E-state index is 0.0843. The number of ether oxygens (including phenoxy) is 1. The molecule has 6 heteroatoms. The van der Waals surface area contributed by atoms with Crippen LogP contribution in [0.4, 0.5) is 15.0 Å². The maximum atomic E-state index is 13.3. The van der Waals surface area contributed by atoms with Crippen LogP contribution in [-0.2, 0) is 6.61 Å². The van der Waals surface area contributed by atoms with E-state index < -0.39 is 0 Å². The summed E-state index contributed by atoms with van der Waals surface area (Å²) < 4.78 is 19.0. The van der Waals surface area contributed by atoms with Gasteiger partial charge in [0.15, 0.2) is 11.6 Å². The largest absolute Gasteiger partial charge is 0.485 e. The zero-order valence-corrected chi connectivity index (χ0v) is 16.6. The Morgan fingerprint density at radius 3 is 2.56 bits per heavy atom. The molecule has 0 unspecified atom stereocenters. The number of urea groups is 1. The Morgan fingerprint density at radius 2 is 1.89 bits per heavy atom. The van der Waals surface area contributed by atoms with Gasteiger partial charge < -0.3 is 10.1 Å². The summed E-state index contributed by atoms with van der Waals surface area (Å²) in [4.78, 5) is 16.6. The number of nitrogens with zero attached hydrogens (tertiary/aromatic N) is 1. The van der Waals surface area contributed by atoms with Crippen LogP contribution in [0.3, 0.4) is 0 Å². The van der Waals surface area contributed by atoms with Gasteiger partial charge in [-0.15, -0.1) is 0 Å². The number of rotatable bonds is 6. The molecule has 146 valence electrons. The number of pyridine rings is 1. The van der Waals surface area contributed by atoms with E-state index in [1.807, 2.05) is 13.8 Å². The Hall–Kier alpha value is -2.63. The van der Waals surface area contributed by atoms with Crippen molar-refractivity contribution in [2.45, 2.75) is 53.2 Å². The predicted molar refractivity (Wildman–Crippen MR) is 105 cm³/mol. The van der Waals surface area contributed by atoms with Crippen molar-refractivity contribution in [2.75, 3.05) is 5.32 Å². The number of anilines is 1. The standard InChI is InChI=1S/C21H28FN3O2/c1-20(2,3)14-21(4,5)25-19(26)24-18-17(10-7-11-23-18)27-13-15-8-6-9-16(22)12-15/h6-12H,13-14H2,1-5H3,(H2,23,24,25,26). The summed E-state index contributed by atoms with van der Waals surface area (Å²) in [6, 6.07) is 9.26. The Balaban J connectivity index is 2.01. The van der Waals surface area contributed by atoms with Gasteiger partial charge in [-0.25, -0.2) is 14.2 Å². The van der Waals surface area contributed by atoms with Gasteiger partial charge in [-0.05, 0) is 55.5 Å². The van der Waals surface area contributed by atoms with Crippen molar-refractivity contribution in [3.63, 3.8) is 0 Å². The van der Waals surface area contributed by atoms with Crippen LogP contribution in [0.5, 0.6) is 5.75 Å². The van der Waals surface area contributed by atoms with Crippen LogP contribution in [0.15, 0.2) is 42.6 Å². The summed E-state index contributed by atoms with van der Waals surface area (Å²) in [5.74, 6) is 0.421. The molecule has 1 aromatic heterocycles. The van der Waals surface area contributed by atoms with Crippen molar-refractivity contribution in [3.8, 4) is 5.75 Å². The summed E-state index contributed by atoms with van der Waals surface area (Å²) in [6.45, 7) is 10.5. The molecule has 1 heterocycles. The highest BCUT2D eigenvalue weighted by Crippen LogP contribution is 2.27. The average Bonchev–Trinajstić information content (AvgIpc) is 2.51. The topological polar surface area (TPSA) is 63.2 Å². The second-order valence-electron chi connectivity index (χ2n) is 8.47. The molecule has 5 nitrogen and oxygen atoms in total. The van der Waals surface area contributed by atoms with E-state index in [1.54, 1.807) is 30.5 Å². The van der Waals surface area contributed by atoms with E-state index in [9.17, 15) is 9.18 Å². The fourth-order valence-corrected chi connectivity index (χ4v) is 3.20.